The van der Waals surface area contributed by atoms with Crippen molar-refractivity contribution in [1.29, 1.82) is 0 Å². The molecule has 0 radical (unpaired) electrons. The van der Waals surface area contributed by atoms with Gasteiger partial charge in [0.15, 0.2) is 0 Å². The van der Waals surface area contributed by atoms with Gasteiger partial charge < -0.3 is 0 Å². The van der Waals surface area contributed by atoms with E-state index in [0.29, 0.717) is 0 Å². The maximum atomic E-state index is 8.51. The van der Waals surface area contributed by atoms with E-state index in [1.165, 1.54) is 0 Å². The van der Waals surface area contributed by atoms with Crippen molar-refractivity contribution < 1.29 is 4.10 Å². The molecule has 3 heteroatoms. The molecule has 0 unspecified atom stereocenters. The quantitative estimate of drug-likeness (QED) is 0.522. The molecule has 1 nitrogen and oxygen atoms in total. The van der Waals surface area contributed by atoms with Gasteiger partial charge in [0.25, 0.3) is 0 Å². The van der Waals surface area contributed by atoms with Crippen molar-refractivity contribution in [3.8, 4) is 0 Å². The average Bonchev–Trinajstić information content (AvgIpc) is 0.722. The minimum atomic E-state index is -2.29. The second-order valence-electron chi connectivity index (χ2n) is 1.29. The summed E-state index contributed by atoms with van der Waals surface area (Å²) in [6, 6.07) is 0. The first-order valence-electron chi connectivity index (χ1n) is 1.28. The average molecular weight is 154 g/mol. The summed E-state index contributed by atoms with van der Waals surface area (Å²) in [7, 11) is 4.55. The van der Waals surface area contributed by atoms with Crippen LogP contribution in [0.3, 0.4) is 0 Å². The molecule has 0 aromatic heterocycles. The first-order chi connectivity index (χ1) is 2.00. The van der Waals surface area contributed by atoms with E-state index in [9.17, 15) is 0 Å². The molecular weight excluding hydrogens is 147 g/mol. The van der Waals surface area contributed by atoms with Crippen molar-refractivity contribution in [2.75, 3.05) is 0 Å². The zero-order valence-electron chi connectivity index (χ0n) is 3.30. The van der Waals surface area contributed by atoms with Gasteiger partial charge in [-0.05, 0) is 0 Å². The van der Waals surface area contributed by atoms with E-state index in [4.69, 9.17) is 4.10 Å². The molecular formula is C2H7AsOS. The van der Waals surface area contributed by atoms with Crippen LogP contribution in [0.15, 0.2) is 0 Å². The summed E-state index contributed by atoms with van der Waals surface area (Å²) >= 11 is -2.29. The van der Waals surface area contributed by atoms with Crippen molar-refractivity contribution in [2.45, 2.75) is 11.4 Å². The van der Waals surface area contributed by atoms with Gasteiger partial charge in [-0.3, -0.25) is 0 Å². The van der Waals surface area contributed by atoms with E-state index >= 15 is 0 Å². The monoisotopic (exact) mass is 154 g/mol. The third kappa shape index (κ3) is 65.2. The van der Waals surface area contributed by atoms with Gasteiger partial charge in [-0.1, -0.05) is 0 Å². The van der Waals surface area contributed by atoms with Gasteiger partial charge in [-0.15, -0.1) is 0 Å². The fourth-order valence-electron chi connectivity index (χ4n) is 0. The van der Waals surface area contributed by atoms with Crippen LogP contribution < -0.4 is 0 Å². The second-order valence-corrected chi connectivity index (χ2v) is 11.4. The first kappa shape index (κ1) is 5.74. The molecule has 5 heavy (non-hydrogen) atoms. The zero-order valence-corrected chi connectivity index (χ0v) is 6.00. The third-order valence-corrected chi connectivity index (χ3v) is 0. The summed E-state index contributed by atoms with van der Waals surface area (Å²) in [5, 5.41) is 0. The molecule has 0 saturated carbocycles. The molecule has 0 spiro atoms. The van der Waals surface area contributed by atoms with Crippen molar-refractivity contribution in [1.82, 2.24) is 0 Å². The topological polar surface area (TPSA) is 20.2 Å². The summed E-state index contributed by atoms with van der Waals surface area (Å²) in [6.45, 7) is 0. The number of hydrogen-bond donors (Lipinski definition) is 1. The number of rotatable bonds is 0. The van der Waals surface area contributed by atoms with Gasteiger partial charge in [0.1, 0.15) is 0 Å². The van der Waals surface area contributed by atoms with Crippen LogP contribution in [-0.4, -0.2) is 16.3 Å². The standard InChI is InChI=1S/C2H7AsOS/c1-3(2,4)5/h1-2H3,(H,4,5). The Morgan fingerprint density at radius 2 is 1.60 bits per heavy atom. The van der Waals surface area contributed by atoms with E-state index in [-0.39, 0.29) is 0 Å². The molecule has 0 aliphatic carbocycles. The predicted octanol–water partition coefficient (Wildman–Crippen LogP) is 0.878. The molecule has 0 fully saturated rings. The van der Waals surface area contributed by atoms with Gasteiger partial charge in [-0.25, -0.2) is 0 Å². The van der Waals surface area contributed by atoms with E-state index in [1.54, 1.807) is 11.4 Å². The Labute approximate surface area is 38.6 Å². The van der Waals surface area contributed by atoms with E-state index in [2.05, 4.69) is 10.4 Å². The SMILES string of the molecule is C[As](C)(O)=S. The van der Waals surface area contributed by atoms with Crippen molar-refractivity contribution in [2.24, 2.45) is 0 Å². The fourth-order valence-corrected chi connectivity index (χ4v) is 0. The Morgan fingerprint density at radius 3 is 1.60 bits per heavy atom. The molecule has 0 aromatic rings. The van der Waals surface area contributed by atoms with Gasteiger partial charge >= 0.3 is 38.1 Å². The Kier molecular flexibility index (Phi) is 1.67. The van der Waals surface area contributed by atoms with Gasteiger partial charge in [0, 0.05) is 0 Å². The van der Waals surface area contributed by atoms with Crippen LogP contribution >= 0.6 is 10.4 Å². The molecule has 0 saturated heterocycles. The van der Waals surface area contributed by atoms with Crippen LogP contribution in [0.1, 0.15) is 0 Å². The second kappa shape index (κ2) is 1.46. The van der Waals surface area contributed by atoms with Crippen LogP contribution in [0.5, 0.6) is 0 Å². The third-order valence-electron chi connectivity index (χ3n) is 0. The van der Waals surface area contributed by atoms with Crippen LogP contribution in [0.4, 0.5) is 0 Å². The van der Waals surface area contributed by atoms with E-state index in [1.807, 2.05) is 0 Å². The Balaban J connectivity index is 3.47. The zero-order chi connectivity index (χ0) is 4.50. The molecule has 0 rings (SSSR count). The van der Waals surface area contributed by atoms with E-state index < -0.39 is 12.2 Å². The summed E-state index contributed by atoms with van der Waals surface area (Å²) in [5.74, 6) is 0. The van der Waals surface area contributed by atoms with Crippen LogP contribution in [0, 0.1) is 0 Å². The van der Waals surface area contributed by atoms with Crippen LogP contribution in [0.2, 0.25) is 11.4 Å². The minimum absolute atomic E-state index is 1.73. The summed E-state index contributed by atoms with van der Waals surface area (Å²) in [5.41, 5.74) is 3.46. The molecule has 0 aromatic carbocycles. The summed E-state index contributed by atoms with van der Waals surface area (Å²) in [4.78, 5) is 0. The Morgan fingerprint density at radius 1 is 1.60 bits per heavy atom. The summed E-state index contributed by atoms with van der Waals surface area (Å²) in [6.07, 6.45) is 0. The maximum absolute atomic E-state index is 8.51. The summed E-state index contributed by atoms with van der Waals surface area (Å²) < 4.78 is 8.51. The first-order valence-corrected chi connectivity index (χ1v) is 8.53. The van der Waals surface area contributed by atoms with Gasteiger partial charge in [0.05, 0.1) is 0 Å². The van der Waals surface area contributed by atoms with Crippen molar-refractivity contribution >= 4 is 22.6 Å². The van der Waals surface area contributed by atoms with E-state index in [0.717, 1.165) is 0 Å². The van der Waals surface area contributed by atoms with Gasteiger partial charge in [0.2, 0.25) is 0 Å². The molecule has 1 N–H and O–H groups in total. The molecule has 0 atom stereocenters. The van der Waals surface area contributed by atoms with Crippen molar-refractivity contribution in [3.05, 3.63) is 0 Å². The fraction of sp³-hybridized carbons (Fsp3) is 1.00. The molecule has 0 heterocycles. The normalized spacial score (nSPS) is 11.8. The predicted molar refractivity (Wildman–Crippen MR) is 27.3 cm³/mol. The van der Waals surface area contributed by atoms with Crippen LogP contribution in [0.25, 0.3) is 0 Å². The molecule has 0 aliphatic heterocycles. The van der Waals surface area contributed by atoms with Gasteiger partial charge in [-0.2, -0.15) is 0 Å². The van der Waals surface area contributed by atoms with Crippen molar-refractivity contribution in [3.63, 3.8) is 0 Å². The molecule has 0 amide bonds. The number of hydrogen-bond acceptors (Lipinski definition) is 1. The molecule has 32 valence electrons. The Hall–Kier alpha value is 0.738. The Bertz CT molecular complexity index is 55.8. The van der Waals surface area contributed by atoms with Crippen LogP contribution in [-0.2, 0) is 0 Å². The molecule has 0 aliphatic rings. The molecule has 0 bridgehead atoms.